The molecule has 0 saturated heterocycles. The predicted octanol–water partition coefficient (Wildman–Crippen LogP) is 2.00. The van der Waals surface area contributed by atoms with Crippen molar-refractivity contribution in [3.8, 4) is 0 Å². The van der Waals surface area contributed by atoms with Crippen molar-refractivity contribution >= 4 is 18.1 Å². The fourth-order valence-corrected chi connectivity index (χ4v) is 1.94. The number of rotatable bonds is 3. The monoisotopic (exact) mass is 272 g/mol. The second-order valence-corrected chi connectivity index (χ2v) is 5.27. The summed E-state index contributed by atoms with van der Waals surface area (Å²) in [5.41, 5.74) is 5.05. The number of nitrogens with zero attached hydrogens (tertiary/aromatic N) is 2. The maximum absolute atomic E-state index is 11.3. The van der Waals surface area contributed by atoms with Crippen LogP contribution in [0.25, 0.3) is 0 Å². The molecule has 0 radical (unpaired) electrons. The molecule has 5 heteroatoms. The average Bonchev–Trinajstić information content (AvgIpc) is 2.38. The first-order valence-electron chi connectivity index (χ1n) is 6.81. The number of hydrogen-bond acceptors (Lipinski definition) is 4. The third kappa shape index (κ3) is 3.91. The van der Waals surface area contributed by atoms with Crippen LogP contribution in [0, 0.1) is 0 Å². The molecular formula is C15H20N4O. The van der Waals surface area contributed by atoms with Gasteiger partial charge in [0.15, 0.2) is 0 Å². The Bertz CT molecular complexity index is 531. The summed E-state index contributed by atoms with van der Waals surface area (Å²) >= 11 is 0. The highest BCUT2D eigenvalue weighted by molar-refractivity contribution is 5.99. The van der Waals surface area contributed by atoms with Gasteiger partial charge in [-0.15, -0.1) is 0 Å². The number of nitrogens with one attached hydrogen (secondary N) is 2. The van der Waals surface area contributed by atoms with Gasteiger partial charge in [0.1, 0.15) is 0 Å². The van der Waals surface area contributed by atoms with Crippen molar-refractivity contribution in [1.82, 2.24) is 10.7 Å². The first kappa shape index (κ1) is 14.2. The van der Waals surface area contributed by atoms with E-state index in [4.69, 9.17) is 0 Å². The van der Waals surface area contributed by atoms with Gasteiger partial charge in [-0.1, -0.05) is 38.1 Å². The summed E-state index contributed by atoms with van der Waals surface area (Å²) in [5, 5.41) is 6.73. The van der Waals surface area contributed by atoms with Crippen molar-refractivity contribution < 1.29 is 4.79 Å². The van der Waals surface area contributed by atoms with Crippen LogP contribution in [0.4, 0.5) is 0 Å². The standard InChI is InChI=1S/C15H20N4O/c1-10(2)13-6-4-12(5-7-13)9-16-19-15-17-11(3)8-14(20)18-15/h4-7,9-11H,8H2,1-3H3,(H2,17,18,19,20)/b16-9+. The Morgan fingerprint density at radius 3 is 2.70 bits per heavy atom. The van der Waals surface area contributed by atoms with Crippen LogP contribution >= 0.6 is 0 Å². The molecule has 0 aromatic heterocycles. The van der Waals surface area contributed by atoms with Crippen LogP contribution in [0.15, 0.2) is 34.4 Å². The molecule has 0 spiro atoms. The van der Waals surface area contributed by atoms with Crippen molar-refractivity contribution in [2.75, 3.05) is 0 Å². The molecule has 106 valence electrons. The minimum atomic E-state index is -0.0357. The van der Waals surface area contributed by atoms with Gasteiger partial charge in [-0.2, -0.15) is 5.10 Å². The van der Waals surface area contributed by atoms with Crippen LogP contribution in [0.2, 0.25) is 0 Å². The summed E-state index contributed by atoms with van der Waals surface area (Å²) in [6.07, 6.45) is 2.13. The van der Waals surface area contributed by atoms with Gasteiger partial charge >= 0.3 is 0 Å². The fourth-order valence-electron chi connectivity index (χ4n) is 1.94. The Kier molecular flexibility index (Phi) is 4.50. The zero-order valence-electron chi connectivity index (χ0n) is 12.1. The first-order valence-corrected chi connectivity index (χ1v) is 6.81. The van der Waals surface area contributed by atoms with E-state index < -0.39 is 0 Å². The Morgan fingerprint density at radius 2 is 2.10 bits per heavy atom. The minimum absolute atomic E-state index is 0.00762. The van der Waals surface area contributed by atoms with E-state index in [0.29, 0.717) is 18.3 Å². The first-order chi connectivity index (χ1) is 9.54. The molecule has 0 bridgehead atoms. The smallest absolute Gasteiger partial charge is 0.228 e. The van der Waals surface area contributed by atoms with E-state index in [-0.39, 0.29) is 11.9 Å². The van der Waals surface area contributed by atoms with Gasteiger partial charge in [-0.05, 0) is 24.0 Å². The summed E-state index contributed by atoms with van der Waals surface area (Å²) in [4.78, 5) is 15.6. The van der Waals surface area contributed by atoms with Crippen LogP contribution in [-0.4, -0.2) is 24.1 Å². The lowest BCUT2D eigenvalue weighted by Gasteiger charge is -2.16. The van der Waals surface area contributed by atoms with Crippen LogP contribution in [0.5, 0.6) is 0 Å². The zero-order chi connectivity index (χ0) is 14.5. The highest BCUT2D eigenvalue weighted by Gasteiger charge is 2.16. The van der Waals surface area contributed by atoms with Crippen molar-refractivity contribution in [3.63, 3.8) is 0 Å². The number of hydrazone groups is 1. The number of carbonyl (C=O) groups excluding carboxylic acids is 1. The van der Waals surface area contributed by atoms with Crippen LogP contribution in [0.3, 0.4) is 0 Å². The van der Waals surface area contributed by atoms with Gasteiger partial charge in [0.2, 0.25) is 11.9 Å². The van der Waals surface area contributed by atoms with Crippen LogP contribution in [0.1, 0.15) is 44.2 Å². The zero-order valence-corrected chi connectivity index (χ0v) is 12.1. The Hall–Kier alpha value is -2.17. The molecule has 5 nitrogen and oxygen atoms in total. The molecule has 1 heterocycles. The second kappa shape index (κ2) is 6.32. The number of carbonyl (C=O) groups is 1. The van der Waals surface area contributed by atoms with E-state index in [0.717, 1.165) is 5.56 Å². The lowest BCUT2D eigenvalue weighted by atomic mass is 10.0. The van der Waals surface area contributed by atoms with E-state index in [9.17, 15) is 4.79 Å². The molecule has 1 amide bonds. The molecule has 2 rings (SSSR count). The summed E-state index contributed by atoms with van der Waals surface area (Å²) in [6, 6.07) is 8.21. The molecule has 0 fully saturated rings. The highest BCUT2D eigenvalue weighted by atomic mass is 16.2. The number of guanidine groups is 1. The Labute approximate surface area is 119 Å². The SMILES string of the molecule is CC1CC(=O)NC(N/N=C/c2ccc(C(C)C)cc2)=N1. The fraction of sp³-hybridized carbons (Fsp3) is 0.400. The van der Waals surface area contributed by atoms with Gasteiger partial charge in [0.25, 0.3) is 0 Å². The van der Waals surface area contributed by atoms with E-state index >= 15 is 0 Å². The minimum Gasteiger partial charge on any atom is -0.295 e. The van der Waals surface area contributed by atoms with Crippen LogP contribution < -0.4 is 10.7 Å². The van der Waals surface area contributed by atoms with Gasteiger partial charge in [-0.3, -0.25) is 10.1 Å². The summed E-state index contributed by atoms with van der Waals surface area (Å²) < 4.78 is 0. The molecule has 1 aromatic rings. The molecular weight excluding hydrogens is 252 g/mol. The molecule has 1 unspecified atom stereocenters. The number of amides is 1. The van der Waals surface area contributed by atoms with E-state index in [1.54, 1.807) is 6.21 Å². The molecule has 0 saturated carbocycles. The maximum atomic E-state index is 11.3. The molecule has 20 heavy (non-hydrogen) atoms. The van der Waals surface area contributed by atoms with Gasteiger partial charge in [-0.25, -0.2) is 10.4 Å². The average molecular weight is 272 g/mol. The molecule has 2 N–H and O–H groups in total. The van der Waals surface area contributed by atoms with E-state index in [1.165, 1.54) is 5.56 Å². The Balaban J connectivity index is 1.95. The topological polar surface area (TPSA) is 65.8 Å². The third-order valence-corrected chi connectivity index (χ3v) is 3.08. The molecule has 1 aromatic carbocycles. The van der Waals surface area contributed by atoms with Gasteiger partial charge in [0.05, 0.1) is 12.3 Å². The third-order valence-electron chi connectivity index (χ3n) is 3.08. The van der Waals surface area contributed by atoms with Gasteiger partial charge < -0.3 is 0 Å². The quantitative estimate of drug-likeness (QED) is 0.653. The predicted molar refractivity (Wildman–Crippen MR) is 80.9 cm³/mol. The van der Waals surface area contributed by atoms with Gasteiger partial charge in [0, 0.05) is 6.42 Å². The molecule has 0 aliphatic carbocycles. The molecule has 1 aliphatic rings. The summed E-state index contributed by atoms with van der Waals surface area (Å²) in [7, 11) is 0. The van der Waals surface area contributed by atoms with Crippen molar-refractivity contribution in [2.45, 2.75) is 39.2 Å². The number of aliphatic imine (C=N–C) groups is 1. The van der Waals surface area contributed by atoms with Crippen molar-refractivity contribution in [2.24, 2.45) is 10.1 Å². The van der Waals surface area contributed by atoms with E-state index in [1.807, 2.05) is 19.1 Å². The lowest BCUT2D eigenvalue weighted by Crippen LogP contribution is -2.44. The number of hydrogen-bond donors (Lipinski definition) is 2. The lowest BCUT2D eigenvalue weighted by molar-refractivity contribution is -0.120. The highest BCUT2D eigenvalue weighted by Crippen LogP contribution is 2.13. The Morgan fingerprint density at radius 1 is 1.40 bits per heavy atom. The summed E-state index contributed by atoms with van der Waals surface area (Å²) in [5.74, 6) is 0.891. The second-order valence-electron chi connectivity index (χ2n) is 5.27. The molecule has 1 aliphatic heterocycles. The number of benzene rings is 1. The summed E-state index contributed by atoms with van der Waals surface area (Å²) in [6.45, 7) is 6.22. The van der Waals surface area contributed by atoms with Crippen LogP contribution in [-0.2, 0) is 4.79 Å². The normalized spacial score (nSPS) is 19.1. The largest absolute Gasteiger partial charge is 0.295 e. The van der Waals surface area contributed by atoms with E-state index in [2.05, 4.69) is 46.8 Å². The molecule has 1 atom stereocenters. The maximum Gasteiger partial charge on any atom is 0.228 e. The van der Waals surface area contributed by atoms with Crippen molar-refractivity contribution in [3.05, 3.63) is 35.4 Å². The van der Waals surface area contributed by atoms with Crippen molar-refractivity contribution in [1.29, 1.82) is 0 Å².